The Hall–Kier alpha value is 0.140. The summed E-state index contributed by atoms with van der Waals surface area (Å²) in [7, 11) is 0. The van der Waals surface area contributed by atoms with Crippen LogP contribution in [0.25, 0.3) is 0 Å². The predicted octanol–water partition coefficient (Wildman–Crippen LogP) is 3.49. The summed E-state index contributed by atoms with van der Waals surface area (Å²) in [6, 6.07) is 6.52. The molecule has 0 spiro atoms. The lowest BCUT2D eigenvalue weighted by Gasteiger charge is -2.09. The van der Waals surface area contributed by atoms with E-state index in [0.717, 1.165) is 21.8 Å². The van der Waals surface area contributed by atoms with Gasteiger partial charge in [-0.1, -0.05) is 38.8 Å². The standard InChI is InChI=1S/C10H13Br2N/c1-2-10(13)5-7-3-8(11)6-9(12)4-7/h3-4,6,10H,2,5,13H2,1H3/t10-/m1/s1. The highest BCUT2D eigenvalue weighted by atomic mass is 79.9. The first-order valence-corrected chi connectivity index (χ1v) is 5.91. The van der Waals surface area contributed by atoms with Crippen molar-refractivity contribution in [2.45, 2.75) is 25.8 Å². The van der Waals surface area contributed by atoms with E-state index in [1.54, 1.807) is 0 Å². The summed E-state index contributed by atoms with van der Waals surface area (Å²) in [5.41, 5.74) is 7.15. The van der Waals surface area contributed by atoms with E-state index >= 15 is 0 Å². The molecule has 0 aliphatic heterocycles. The molecule has 0 saturated carbocycles. The van der Waals surface area contributed by atoms with Crippen LogP contribution < -0.4 is 5.73 Å². The molecule has 0 aliphatic rings. The summed E-state index contributed by atoms with van der Waals surface area (Å²) in [6.45, 7) is 2.11. The molecule has 1 nitrogen and oxygen atoms in total. The lowest BCUT2D eigenvalue weighted by Crippen LogP contribution is -2.21. The molecule has 1 aromatic carbocycles. The van der Waals surface area contributed by atoms with Crippen molar-refractivity contribution >= 4 is 31.9 Å². The third kappa shape index (κ3) is 3.79. The molecule has 0 unspecified atom stereocenters. The van der Waals surface area contributed by atoms with Crippen LogP contribution in [-0.4, -0.2) is 6.04 Å². The van der Waals surface area contributed by atoms with Crippen LogP contribution in [0.3, 0.4) is 0 Å². The Bertz CT molecular complexity index is 266. The molecular weight excluding hydrogens is 294 g/mol. The molecule has 13 heavy (non-hydrogen) atoms. The fourth-order valence-corrected chi connectivity index (χ4v) is 2.56. The maximum atomic E-state index is 5.87. The first kappa shape index (κ1) is 11.2. The van der Waals surface area contributed by atoms with Gasteiger partial charge in [0.15, 0.2) is 0 Å². The first-order chi connectivity index (χ1) is 6.11. The van der Waals surface area contributed by atoms with E-state index in [1.165, 1.54) is 5.56 Å². The summed E-state index contributed by atoms with van der Waals surface area (Å²) in [4.78, 5) is 0. The molecule has 72 valence electrons. The molecule has 0 aromatic heterocycles. The maximum Gasteiger partial charge on any atom is 0.0189 e. The number of hydrogen-bond donors (Lipinski definition) is 1. The SMILES string of the molecule is CC[C@@H](N)Cc1cc(Br)cc(Br)c1. The van der Waals surface area contributed by atoms with Gasteiger partial charge in [0.2, 0.25) is 0 Å². The highest BCUT2D eigenvalue weighted by molar-refractivity contribution is 9.11. The minimum absolute atomic E-state index is 0.265. The van der Waals surface area contributed by atoms with Gasteiger partial charge in [-0.15, -0.1) is 0 Å². The van der Waals surface area contributed by atoms with Gasteiger partial charge in [-0.25, -0.2) is 0 Å². The summed E-state index contributed by atoms with van der Waals surface area (Å²) >= 11 is 6.91. The van der Waals surface area contributed by atoms with E-state index in [-0.39, 0.29) is 6.04 Å². The second kappa shape index (κ2) is 5.13. The van der Waals surface area contributed by atoms with Gasteiger partial charge in [-0.2, -0.15) is 0 Å². The minimum Gasteiger partial charge on any atom is -0.327 e. The van der Waals surface area contributed by atoms with Gasteiger partial charge in [0.1, 0.15) is 0 Å². The average molecular weight is 307 g/mol. The third-order valence-corrected chi connectivity index (χ3v) is 2.86. The number of benzene rings is 1. The fraction of sp³-hybridized carbons (Fsp3) is 0.400. The molecule has 2 N–H and O–H groups in total. The first-order valence-electron chi connectivity index (χ1n) is 4.32. The Morgan fingerprint density at radius 1 is 1.23 bits per heavy atom. The number of rotatable bonds is 3. The Kier molecular flexibility index (Phi) is 4.42. The number of halogens is 2. The molecule has 0 saturated heterocycles. The topological polar surface area (TPSA) is 26.0 Å². The minimum atomic E-state index is 0.265. The van der Waals surface area contributed by atoms with Gasteiger partial charge in [0.25, 0.3) is 0 Å². The van der Waals surface area contributed by atoms with Gasteiger partial charge in [0, 0.05) is 15.0 Å². The third-order valence-electron chi connectivity index (χ3n) is 1.94. The normalized spacial score (nSPS) is 12.9. The molecule has 0 aliphatic carbocycles. The quantitative estimate of drug-likeness (QED) is 0.909. The van der Waals surface area contributed by atoms with Gasteiger partial charge < -0.3 is 5.73 Å². The van der Waals surface area contributed by atoms with Crippen molar-refractivity contribution in [3.05, 3.63) is 32.7 Å². The Morgan fingerprint density at radius 3 is 2.23 bits per heavy atom. The molecule has 1 aromatic rings. The van der Waals surface area contributed by atoms with Gasteiger partial charge in [-0.3, -0.25) is 0 Å². The highest BCUT2D eigenvalue weighted by Gasteiger charge is 2.02. The smallest absolute Gasteiger partial charge is 0.0189 e. The van der Waals surface area contributed by atoms with E-state index in [9.17, 15) is 0 Å². The molecule has 0 heterocycles. The maximum absolute atomic E-state index is 5.87. The van der Waals surface area contributed by atoms with Crippen LogP contribution in [0.15, 0.2) is 27.1 Å². The number of nitrogens with two attached hydrogens (primary N) is 1. The predicted molar refractivity (Wildman–Crippen MR) is 63.8 cm³/mol. The van der Waals surface area contributed by atoms with E-state index in [0.29, 0.717) is 0 Å². The van der Waals surface area contributed by atoms with Crippen molar-refractivity contribution in [1.29, 1.82) is 0 Å². The monoisotopic (exact) mass is 305 g/mol. The average Bonchev–Trinajstić information content (AvgIpc) is 2.02. The Morgan fingerprint density at radius 2 is 1.77 bits per heavy atom. The molecule has 1 rings (SSSR count). The van der Waals surface area contributed by atoms with Crippen molar-refractivity contribution in [2.75, 3.05) is 0 Å². The zero-order valence-electron chi connectivity index (χ0n) is 7.56. The van der Waals surface area contributed by atoms with Crippen LogP contribution >= 0.6 is 31.9 Å². The summed E-state index contributed by atoms with van der Waals surface area (Å²) in [5, 5.41) is 0. The Labute approximate surface area is 96.0 Å². The summed E-state index contributed by atoms with van der Waals surface area (Å²) in [6.07, 6.45) is 1.96. The summed E-state index contributed by atoms with van der Waals surface area (Å²) < 4.78 is 2.19. The van der Waals surface area contributed by atoms with E-state index in [4.69, 9.17) is 5.73 Å². The van der Waals surface area contributed by atoms with Gasteiger partial charge >= 0.3 is 0 Å². The summed E-state index contributed by atoms with van der Waals surface area (Å²) in [5.74, 6) is 0. The van der Waals surface area contributed by atoms with Crippen molar-refractivity contribution in [3.63, 3.8) is 0 Å². The highest BCUT2D eigenvalue weighted by Crippen LogP contribution is 2.20. The van der Waals surface area contributed by atoms with Crippen LogP contribution in [0.4, 0.5) is 0 Å². The second-order valence-electron chi connectivity index (χ2n) is 3.15. The van der Waals surface area contributed by atoms with Crippen molar-refractivity contribution in [2.24, 2.45) is 5.73 Å². The fourth-order valence-electron chi connectivity index (χ4n) is 1.18. The molecule has 0 amide bonds. The number of hydrogen-bond acceptors (Lipinski definition) is 1. The largest absolute Gasteiger partial charge is 0.327 e. The van der Waals surface area contributed by atoms with E-state index in [1.807, 2.05) is 6.07 Å². The molecule has 0 radical (unpaired) electrons. The van der Waals surface area contributed by atoms with Crippen LogP contribution in [0.2, 0.25) is 0 Å². The molecule has 0 fully saturated rings. The van der Waals surface area contributed by atoms with Crippen molar-refractivity contribution in [3.8, 4) is 0 Å². The molecule has 1 atom stereocenters. The van der Waals surface area contributed by atoms with Gasteiger partial charge in [-0.05, 0) is 36.6 Å². The lowest BCUT2D eigenvalue weighted by molar-refractivity contribution is 0.646. The van der Waals surface area contributed by atoms with Crippen LogP contribution in [-0.2, 0) is 6.42 Å². The molecular formula is C10H13Br2N. The molecule has 0 bridgehead atoms. The zero-order chi connectivity index (χ0) is 9.84. The second-order valence-corrected chi connectivity index (χ2v) is 4.98. The van der Waals surface area contributed by atoms with Crippen LogP contribution in [0.5, 0.6) is 0 Å². The van der Waals surface area contributed by atoms with Crippen LogP contribution in [0, 0.1) is 0 Å². The van der Waals surface area contributed by atoms with E-state index in [2.05, 4.69) is 50.9 Å². The lowest BCUT2D eigenvalue weighted by atomic mass is 10.1. The Balaban J connectivity index is 2.77. The zero-order valence-corrected chi connectivity index (χ0v) is 10.7. The van der Waals surface area contributed by atoms with Crippen molar-refractivity contribution < 1.29 is 0 Å². The van der Waals surface area contributed by atoms with Crippen LogP contribution in [0.1, 0.15) is 18.9 Å². The van der Waals surface area contributed by atoms with Gasteiger partial charge in [0.05, 0.1) is 0 Å². The molecule has 3 heteroatoms. The van der Waals surface area contributed by atoms with E-state index < -0.39 is 0 Å². The van der Waals surface area contributed by atoms with Crippen molar-refractivity contribution in [1.82, 2.24) is 0 Å².